The molecule has 1 fully saturated rings. The molecule has 3 nitrogen and oxygen atoms in total. The summed E-state index contributed by atoms with van der Waals surface area (Å²) >= 11 is 6.04. The number of ether oxygens (including phenoxy) is 1. The number of aliphatic hydroxyl groups excluding tert-OH is 1. The number of aliphatic hydroxyl groups is 1. The maximum atomic E-state index is 13.5. The number of hydrogen-bond acceptors (Lipinski definition) is 3. The Morgan fingerprint density at radius 3 is 2.88 bits per heavy atom. The van der Waals surface area contributed by atoms with Crippen LogP contribution in [0.2, 0.25) is 5.02 Å². The number of rotatable bonds is 6. The summed E-state index contributed by atoms with van der Waals surface area (Å²) in [7, 11) is 0. The zero-order chi connectivity index (χ0) is 16.9. The molecule has 0 spiro atoms. The monoisotopic (exact) mass is 349 g/mol. The fourth-order valence-electron chi connectivity index (χ4n) is 3.21. The minimum absolute atomic E-state index is 0.149. The number of halogens is 2. The molecule has 24 heavy (non-hydrogen) atoms. The van der Waals surface area contributed by atoms with Gasteiger partial charge in [0.15, 0.2) is 0 Å². The zero-order valence-electron chi connectivity index (χ0n) is 13.4. The molecule has 2 atom stereocenters. The Hall–Kier alpha value is -1.62. The molecule has 1 aliphatic rings. The second-order valence-corrected chi connectivity index (χ2v) is 6.51. The van der Waals surface area contributed by atoms with E-state index >= 15 is 0 Å². The Bertz CT molecular complexity index is 682. The standard InChI is InChI=1S/C19H21ClFNO2/c20-17-7-1-2-9-19(17)24-13-16(23)12-22-10-4-8-18(22)14-5-3-6-15(21)11-14/h1-3,5-7,9,11,16,18,23H,4,8,10,12-13H2. The summed E-state index contributed by atoms with van der Waals surface area (Å²) < 4.78 is 19.1. The van der Waals surface area contributed by atoms with Crippen LogP contribution in [0, 0.1) is 5.82 Å². The number of likely N-dealkylation sites (tertiary alicyclic amines) is 1. The van der Waals surface area contributed by atoms with Gasteiger partial charge in [-0.25, -0.2) is 4.39 Å². The van der Waals surface area contributed by atoms with Crippen LogP contribution in [0.3, 0.4) is 0 Å². The predicted molar refractivity (Wildman–Crippen MR) is 92.9 cm³/mol. The normalized spacial score (nSPS) is 19.4. The van der Waals surface area contributed by atoms with Crippen LogP contribution in [-0.2, 0) is 0 Å². The molecule has 3 rings (SSSR count). The lowest BCUT2D eigenvalue weighted by atomic mass is 10.0. The molecule has 2 unspecified atom stereocenters. The first-order valence-corrected chi connectivity index (χ1v) is 8.56. The quantitative estimate of drug-likeness (QED) is 0.853. The van der Waals surface area contributed by atoms with E-state index in [2.05, 4.69) is 4.90 Å². The molecule has 0 amide bonds. The fraction of sp³-hybridized carbons (Fsp3) is 0.368. The van der Waals surface area contributed by atoms with Crippen LogP contribution in [0.4, 0.5) is 4.39 Å². The van der Waals surface area contributed by atoms with Gasteiger partial charge < -0.3 is 9.84 Å². The van der Waals surface area contributed by atoms with E-state index in [-0.39, 0.29) is 18.5 Å². The number of hydrogen-bond donors (Lipinski definition) is 1. The van der Waals surface area contributed by atoms with Gasteiger partial charge in [-0.2, -0.15) is 0 Å². The molecule has 5 heteroatoms. The van der Waals surface area contributed by atoms with E-state index in [0.717, 1.165) is 24.9 Å². The lowest BCUT2D eigenvalue weighted by molar-refractivity contribution is 0.0638. The van der Waals surface area contributed by atoms with Crippen LogP contribution in [0.15, 0.2) is 48.5 Å². The molecule has 2 aromatic carbocycles. The molecule has 128 valence electrons. The van der Waals surface area contributed by atoms with Crippen molar-refractivity contribution in [3.63, 3.8) is 0 Å². The summed E-state index contributed by atoms with van der Waals surface area (Å²) in [5, 5.41) is 10.8. The van der Waals surface area contributed by atoms with Gasteiger partial charge in [-0.15, -0.1) is 0 Å². The molecule has 1 saturated heterocycles. The van der Waals surface area contributed by atoms with Crippen molar-refractivity contribution in [1.29, 1.82) is 0 Å². The van der Waals surface area contributed by atoms with Gasteiger partial charge >= 0.3 is 0 Å². The first kappa shape index (κ1) is 17.2. The topological polar surface area (TPSA) is 32.7 Å². The summed E-state index contributed by atoms with van der Waals surface area (Å²) in [5.74, 6) is 0.350. The van der Waals surface area contributed by atoms with Crippen LogP contribution in [-0.4, -0.2) is 35.8 Å². The van der Waals surface area contributed by atoms with Crippen LogP contribution >= 0.6 is 11.6 Å². The fourth-order valence-corrected chi connectivity index (χ4v) is 3.40. The minimum atomic E-state index is -0.629. The lowest BCUT2D eigenvalue weighted by Crippen LogP contribution is -2.35. The maximum absolute atomic E-state index is 13.5. The van der Waals surface area contributed by atoms with Gasteiger partial charge in [0.2, 0.25) is 0 Å². The van der Waals surface area contributed by atoms with Gasteiger partial charge in [0, 0.05) is 12.6 Å². The van der Waals surface area contributed by atoms with Crippen molar-refractivity contribution >= 4 is 11.6 Å². The van der Waals surface area contributed by atoms with Crippen LogP contribution < -0.4 is 4.74 Å². The van der Waals surface area contributed by atoms with Crippen LogP contribution in [0.25, 0.3) is 0 Å². The van der Waals surface area contributed by atoms with Crippen molar-refractivity contribution < 1.29 is 14.2 Å². The lowest BCUT2D eigenvalue weighted by Gasteiger charge is -2.27. The highest BCUT2D eigenvalue weighted by Gasteiger charge is 2.28. The van der Waals surface area contributed by atoms with Crippen molar-refractivity contribution in [2.75, 3.05) is 19.7 Å². The van der Waals surface area contributed by atoms with E-state index < -0.39 is 6.10 Å². The second-order valence-electron chi connectivity index (χ2n) is 6.10. The first-order chi connectivity index (χ1) is 11.6. The maximum Gasteiger partial charge on any atom is 0.138 e. The van der Waals surface area contributed by atoms with Crippen molar-refractivity contribution in [2.45, 2.75) is 25.0 Å². The molecule has 1 heterocycles. The molecule has 0 bridgehead atoms. The minimum Gasteiger partial charge on any atom is -0.489 e. The van der Waals surface area contributed by atoms with Crippen LogP contribution in [0.5, 0.6) is 5.75 Å². The predicted octanol–water partition coefficient (Wildman–Crippen LogP) is 4.06. The summed E-state index contributed by atoms with van der Waals surface area (Å²) in [4.78, 5) is 2.19. The Labute approximate surface area is 146 Å². The molecule has 2 aromatic rings. The van der Waals surface area contributed by atoms with E-state index in [1.54, 1.807) is 24.3 Å². The van der Waals surface area contributed by atoms with Crippen molar-refractivity contribution in [2.24, 2.45) is 0 Å². The second kappa shape index (κ2) is 7.97. The van der Waals surface area contributed by atoms with E-state index in [1.807, 2.05) is 18.2 Å². The first-order valence-electron chi connectivity index (χ1n) is 8.18. The highest BCUT2D eigenvalue weighted by Crippen LogP contribution is 2.32. The third-order valence-electron chi connectivity index (χ3n) is 4.31. The highest BCUT2D eigenvalue weighted by atomic mass is 35.5. The smallest absolute Gasteiger partial charge is 0.138 e. The highest BCUT2D eigenvalue weighted by molar-refractivity contribution is 6.32. The number of nitrogens with zero attached hydrogens (tertiary/aromatic N) is 1. The molecule has 0 radical (unpaired) electrons. The summed E-state index contributed by atoms with van der Waals surface area (Å²) in [6.45, 7) is 1.56. The van der Waals surface area contributed by atoms with E-state index in [1.165, 1.54) is 6.07 Å². The largest absolute Gasteiger partial charge is 0.489 e. The van der Waals surface area contributed by atoms with Gasteiger partial charge in [-0.3, -0.25) is 4.90 Å². The number of benzene rings is 2. The van der Waals surface area contributed by atoms with E-state index in [0.29, 0.717) is 17.3 Å². The van der Waals surface area contributed by atoms with Gasteiger partial charge in [0.1, 0.15) is 24.3 Å². The molecule has 0 aliphatic carbocycles. The summed E-state index contributed by atoms with van der Waals surface area (Å²) in [5.41, 5.74) is 0.965. The number of para-hydroxylation sites is 1. The average molecular weight is 350 g/mol. The molecule has 0 aromatic heterocycles. The Morgan fingerprint density at radius 2 is 2.08 bits per heavy atom. The Morgan fingerprint density at radius 1 is 1.25 bits per heavy atom. The van der Waals surface area contributed by atoms with Crippen molar-refractivity contribution in [3.05, 3.63) is 64.9 Å². The van der Waals surface area contributed by atoms with Gasteiger partial charge in [0.05, 0.1) is 5.02 Å². The molecular weight excluding hydrogens is 329 g/mol. The molecular formula is C19H21ClFNO2. The van der Waals surface area contributed by atoms with E-state index in [9.17, 15) is 9.50 Å². The third-order valence-corrected chi connectivity index (χ3v) is 4.62. The SMILES string of the molecule is OC(COc1ccccc1Cl)CN1CCCC1c1cccc(F)c1. The average Bonchev–Trinajstić information content (AvgIpc) is 3.02. The summed E-state index contributed by atoms with van der Waals surface area (Å²) in [6.07, 6.45) is 1.39. The molecule has 1 aliphatic heterocycles. The van der Waals surface area contributed by atoms with Gasteiger partial charge in [0.25, 0.3) is 0 Å². The Kier molecular flexibility index (Phi) is 5.72. The molecule has 0 saturated carbocycles. The third kappa shape index (κ3) is 4.26. The zero-order valence-corrected chi connectivity index (χ0v) is 14.1. The Balaban J connectivity index is 1.57. The molecule has 1 N–H and O–H groups in total. The van der Waals surface area contributed by atoms with Crippen molar-refractivity contribution in [1.82, 2.24) is 4.90 Å². The van der Waals surface area contributed by atoms with Gasteiger partial charge in [-0.05, 0) is 49.2 Å². The van der Waals surface area contributed by atoms with Crippen molar-refractivity contribution in [3.8, 4) is 5.75 Å². The summed E-state index contributed by atoms with van der Waals surface area (Å²) in [6, 6.07) is 14.1. The van der Waals surface area contributed by atoms with E-state index in [4.69, 9.17) is 16.3 Å². The number of β-amino-alcohol motifs (C(OH)–C–C–N with tert-alkyl or cyclic N) is 1. The van der Waals surface area contributed by atoms with Crippen LogP contribution in [0.1, 0.15) is 24.4 Å². The van der Waals surface area contributed by atoms with Gasteiger partial charge in [-0.1, -0.05) is 35.9 Å².